The van der Waals surface area contributed by atoms with Crippen LogP contribution in [0.3, 0.4) is 0 Å². The number of hydrogen-bond acceptors (Lipinski definition) is 2. The van der Waals surface area contributed by atoms with Gasteiger partial charge >= 0.3 is 0 Å². The molecule has 1 aromatic heterocycles. The van der Waals surface area contributed by atoms with Gasteiger partial charge in [0.15, 0.2) is 0 Å². The zero-order valence-electron chi connectivity index (χ0n) is 9.19. The summed E-state index contributed by atoms with van der Waals surface area (Å²) in [5, 5.41) is 2.79. The molecule has 1 N–H and O–H groups in total. The number of furan rings is 1. The molecule has 92 valence electrons. The third-order valence-corrected chi connectivity index (χ3v) is 3.49. The Labute approximate surface area is 127 Å². The molecule has 0 saturated heterocycles. The van der Waals surface area contributed by atoms with Crippen molar-refractivity contribution in [2.24, 2.45) is 0 Å². The van der Waals surface area contributed by atoms with Gasteiger partial charge in [0, 0.05) is 14.1 Å². The maximum absolute atomic E-state index is 11.7. The van der Waals surface area contributed by atoms with Gasteiger partial charge in [-0.3, -0.25) is 4.79 Å². The number of amides is 1. The minimum absolute atomic E-state index is 0.200. The summed E-state index contributed by atoms with van der Waals surface area (Å²) >= 11 is 5.58. The fourth-order valence-electron chi connectivity index (χ4n) is 1.31. The number of carbonyl (C=O) groups excluding carboxylic acids is 1. The third-order valence-electron chi connectivity index (χ3n) is 2.13. The fourth-order valence-corrected chi connectivity index (χ4v) is 2.15. The van der Waals surface area contributed by atoms with E-state index in [0.29, 0.717) is 5.76 Å². The van der Waals surface area contributed by atoms with Crippen molar-refractivity contribution >= 4 is 56.2 Å². The van der Waals surface area contributed by atoms with Crippen molar-refractivity contribution in [1.82, 2.24) is 0 Å². The number of benzene rings is 1. The van der Waals surface area contributed by atoms with Gasteiger partial charge in [-0.2, -0.15) is 0 Å². The van der Waals surface area contributed by atoms with E-state index in [1.54, 1.807) is 24.5 Å². The van der Waals surface area contributed by atoms with Gasteiger partial charge in [-0.1, -0.05) is 0 Å². The molecule has 18 heavy (non-hydrogen) atoms. The molecule has 0 aliphatic heterocycles. The van der Waals surface area contributed by atoms with Crippen LogP contribution in [-0.4, -0.2) is 5.91 Å². The molecule has 5 heteroatoms. The summed E-state index contributed by atoms with van der Waals surface area (Å²) in [6.07, 6.45) is 4.62. The summed E-state index contributed by atoms with van der Waals surface area (Å²) in [5.74, 6) is 0.445. The molecular formula is C13H9BrINO2. The van der Waals surface area contributed by atoms with E-state index in [2.05, 4.69) is 43.8 Å². The fraction of sp³-hybridized carbons (Fsp3) is 0. The standard InChI is InChI=1S/C13H9BrINO2/c14-11-5-3-9(15)8-12(11)16-13(17)6-4-10-2-1-7-18-10/h1-8H,(H,16,17)/b6-4+. The first-order valence-electron chi connectivity index (χ1n) is 5.13. The van der Waals surface area contributed by atoms with Crippen LogP contribution in [0.1, 0.15) is 5.76 Å². The van der Waals surface area contributed by atoms with E-state index in [9.17, 15) is 4.79 Å². The molecule has 0 aliphatic carbocycles. The first-order chi connectivity index (χ1) is 8.65. The smallest absolute Gasteiger partial charge is 0.248 e. The molecule has 0 bridgehead atoms. The van der Waals surface area contributed by atoms with Crippen LogP contribution in [-0.2, 0) is 4.79 Å². The monoisotopic (exact) mass is 417 g/mol. The summed E-state index contributed by atoms with van der Waals surface area (Å²) in [4.78, 5) is 11.7. The zero-order valence-corrected chi connectivity index (χ0v) is 12.9. The van der Waals surface area contributed by atoms with Gasteiger partial charge in [0.1, 0.15) is 5.76 Å². The second-order valence-corrected chi connectivity index (χ2v) is 5.56. The third kappa shape index (κ3) is 3.71. The number of anilines is 1. The van der Waals surface area contributed by atoms with E-state index < -0.39 is 0 Å². The molecule has 0 fully saturated rings. The van der Waals surface area contributed by atoms with E-state index >= 15 is 0 Å². The van der Waals surface area contributed by atoms with Crippen molar-refractivity contribution in [3.8, 4) is 0 Å². The van der Waals surface area contributed by atoms with Crippen LogP contribution in [0, 0.1) is 3.57 Å². The molecule has 0 unspecified atom stereocenters. The van der Waals surface area contributed by atoms with Gasteiger partial charge in [0.2, 0.25) is 5.91 Å². The highest BCUT2D eigenvalue weighted by molar-refractivity contribution is 14.1. The Hall–Kier alpha value is -1.08. The normalized spacial score (nSPS) is 10.8. The lowest BCUT2D eigenvalue weighted by Gasteiger charge is -2.05. The SMILES string of the molecule is O=C(/C=C/c1ccco1)Nc1cc(I)ccc1Br. The van der Waals surface area contributed by atoms with Gasteiger partial charge < -0.3 is 9.73 Å². The molecular weight excluding hydrogens is 409 g/mol. The number of rotatable bonds is 3. The second-order valence-electron chi connectivity index (χ2n) is 3.46. The Kier molecular flexibility index (Phi) is 4.60. The average Bonchev–Trinajstić information content (AvgIpc) is 2.84. The van der Waals surface area contributed by atoms with Crippen LogP contribution in [0.25, 0.3) is 6.08 Å². The van der Waals surface area contributed by atoms with Crippen LogP contribution in [0.15, 0.2) is 51.6 Å². The van der Waals surface area contributed by atoms with Crippen LogP contribution in [0.2, 0.25) is 0 Å². The molecule has 1 aromatic carbocycles. The Morgan fingerprint density at radius 1 is 1.39 bits per heavy atom. The van der Waals surface area contributed by atoms with Crippen molar-refractivity contribution in [1.29, 1.82) is 0 Å². The average molecular weight is 418 g/mol. The van der Waals surface area contributed by atoms with Crippen molar-refractivity contribution in [3.63, 3.8) is 0 Å². The Bertz CT molecular complexity index is 579. The Morgan fingerprint density at radius 3 is 2.94 bits per heavy atom. The summed E-state index contributed by atoms with van der Waals surface area (Å²) in [7, 11) is 0. The van der Waals surface area contributed by atoms with E-state index in [-0.39, 0.29) is 5.91 Å². The number of nitrogens with one attached hydrogen (secondary N) is 1. The first kappa shape index (κ1) is 13.4. The van der Waals surface area contributed by atoms with E-state index in [4.69, 9.17) is 4.42 Å². The van der Waals surface area contributed by atoms with E-state index in [1.807, 2.05) is 18.2 Å². The summed E-state index contributed by atoms with van der Waals surface area (Å²) < 4.78 is 7.01. The van der Waals surface area contributed by atoms with Gasteiger partial charge in [0.05, 0.1) is 12.0 Å². The number of carbonyl (C=O) groups is 1. The molecule has 2 rings (SSSR count). The summed E-state index contributed by atoms with van der Waals surface area (Å²) in [6.45, 7) is 0. The van der Waals surface area contributed by atoms with Crippen LogP contribution < -0.4 is 5.32 Å². The first-order valence-corrected chi connectivity index (χ1v) is 7.00. The minimum Gasteiger partial charge on any atom is -0.465 e. The molecule has 0 aliphatic rings. The molecule has 0 saturated carbocycles. The maximum Gasteiger partial charge on any atom is 0.248 e. The van der Waals surface area contributed by atoms with Crippen LogP contribution in [0.5, 0.6) is 0 Å². The molecule has 3 nitrogen and oxygen atoms in total. The Balaban J connectivity index is 2.05. The highest BCUT2D eigenvalue weighted by Gasteiger charge is 2.03. The van der Waals surface area contributed by atoms with Crippen molar-refractivity contribution in [2.75, 3.05) is 5.32 Å². The predicted octanol–water partition coefficient (Wildman–Crippen LogP) is 4.30. The minimum atomic E-state index is -0.200. The largest absolute Gasteiger partial charge is 0.465 e. The number of hydrogen-bond donors (Lipinski definition) is 1. The Morgan fingerprint density at radius 2 is 2.22 bits per heavy atom. The molecule has 2 aromatic rings. The van der Waals surface area contributed by atoms with Crippen molar-refractivity contribution < 1.29 is 9.21 Å². The predicted molar refractivity (Wildman–Crippen MR) is 83.2 cm³/mol. The van der Waals surface area contributed by atoms with Crippen molar-refractivity contribution in [3.05, 3.63) is 56.5 Å². The van der Waals surface area contributed by atoms with Gasteiger partial charge in [-0.05, 0) is 74.9 Å². The lowest BCUT2D eigenvalue weighted by molar-refractivity contribution is -0.111. The molecule has 0 radical (unpaired) electrons. The summed E-state index contributed by atoms with van der Waals surface area (Å²) in [5.41, 5.74) is 0.746. The van der Waals surface area contributed by atoms with E-state index in [0.717, 1.165) is 13.7 Å². The van der Waals surface area contributed by atoms with Crippen LogP contribution in [0.4, 0.5) is 5.69 Å². The zero-order chi connectivity index (χ0) is 13.0. The highest BCUT2D eigenvalue weighted by atomic mass is 127. The molecule has 1 amide bonds. The number of halogens is 2. The van der Waals surface area contributed by atoms with Crippen LogP contribution >= 0.6 is 38.5 Å². The second kappa shape index (κ2) is 6.19. The molecule has 0 spiro atoms. The van der Waals surface area contributed by atoms with Gasteiger partial charge in [-0.15, -0.1) is 0 Å². The van der Waals surface area contributed by atoms with E-state index in [1.165, 1.54) is 6.08 Å². The van der Waals surface area contributed by atoms with Crippen molar-refractivity contribution in [2.45, 2.75) is 0 Å². The topological polar surface area (TPSA) is 42.2 Å². The van der Waals surface area contributed by atoms with Gasteiger partial charge in [0.25, 0.3) is 0 Å². The quantitative estimate of drug-likeness (QED) is 0.597. The maximum atomic E-state index is 11.7. The summed E-state index contributed by atoms with van der Waals surface area (Å²) in [6, 6.07) is 9.30. The molecule has 1 heterocycles. The lowest BCUT2D eigenvalue weighted by atomic mass is 10.3. The molecule has 0 atom stereocenters. The highest BCUT2D eigenvalue weighted by Crippen LogP contribution is 2.24. The van der Waals surface area contributed by atoms with Gasteiger partial charge in [-0.25, -0.2) is 0 Å². The lowest BCUT2D eigenvalue weighted by Crippen LogP contribution is -2.08.